The number of methoxy groups -OCH3 is 1. The molecule has 0 aromatic carbocycles. The van der Waals surface area contributed by atoms with Crippen LogP contribution in [0.4, 0.5) is 0 Å². The van der Waals surface area contributed by atoms with Crippen LogP contribution in [0.5, 0.6) is 0 Å². The molecule has 0 radical (unpaired) electrons. The van der Waals surface area contributed by atoms with Crippen LogP contribution in [0.2, 0.25) is 0 Å². The highest BCUT2D eigenvalue weighted by Gasteiger charge is 2.51. The van der Waals surface area contributed by atoms with Crippen molar-refractivity contribution in [1.29, 1.82) is 0 Å². The molecule has 0 aliphatic carbocycles. The zero-order valence-corrected chi connectivity index (χ0v) is 10.9. The molecule has 6 nitrogen and oxygen atoms in total. The van der Waals surface area contributed by atoms with Crippen LogP contribution in [0.1, 0.15) is 23.3 Å². The second-order valence-electron chi connectivity index (χ2n) is 5.02. The molecule has 102 valence electrons. The monoisotopic (exact) mass is 263 g/mol. The van der Waals surface area contributed by atoms with Crippen molar-refractivity contribution in [2.75, 3.05) is 26.8 Å². The summed E-state index contributed by atoms with van der Waals surface area (Å²) in [6, 6.07) is 1.63. The standard InChI is InChI=1S/C13H17N3O3/c1-18-11-7-16(8-13(11)4-2-6-19-13)12(17)10-3-5-14-9-15-10/h3,5,9,11H,2,4,6-8H2,1H3/t11-,13-/m0/s1. The van der Waals surface area contributed by atoms with Crippen molar-refractivity contribution in [3.8, 4) is 0 Å². The van der Waals surface area contributed by atoms with E-state index in [1.165, 1.54) is 6.33 Å². The summed E-state index contributed by atoms with van der Waals surface area (Å²) in [6.07, 6.45) is 4.88. The summed E-state index contributed by atoms with van der Waals surface area (Å²) in [4.78, 5) is 22.0. The Hall–Kier alpha value is -1.53. The van der Waals surface area contributed by atoms with Gasteiger partial charge >= 0.3 is 0 Å². The van der Waals surface area contributed by atoms with E-state index in [2.05, 4.69) is 9.97 Å². The first kappa shape index (κ1) is 12.5. The van der Waals surface area contributed by atoms with Gasteiger partial charge < -0.3 is 14.4 Å². The minimum absolute atomic E-state index is 0.0548. The zero-order chi connectivity index (χ0) is 13.3. The highest BCUT2D eigenvalue weighted by atomic mass is 16.6. The fourth-order valence-electron chi connectivity index (χ4n) is 2.98. The third kappa shape index (κ3) is 2.11. The highest BCUT2D eigenvalue weighted by Crippen LogP contribution is 2.37. The van der Waals surface area contributed by atoms with Crippen LogP contribution < -0.4 is 0 Å². The van der Waals surface area contributed by atoms with Gasteiger partial charge in [0.1, 0.15) is 23.7 Å². The van der Waals surface area contributed by atoms with Gasteiger partial charge in [-0.25, -0.2) is 9.97 Å². The molecule has 2 fully saturated rings. The van der Waals surface area contributed by atoms with Gasteiger partial charge in [-0.3, -0.25) is 4.79 Å². The lowest BCUT2D eigenvalue weighted by Gasteiger charge is -2.27. The maximum absolute atomic E-state index is 12.4. The molecule has 0 N–H and O–H groups in total. The topological polar surface area (TPSA) is 64.5 Å². The van der Waals surface area contributed by atoms with Gasteiger partial charge in [-0.1, -0.05) is 0 Å². The van der Waals surface area contributed by atoms with E-state index >= 15 is 0 Å². The van der Waals surface area contributed by atoms with Gasteiger partial charge in [0.2, 0.25) is 0 Å². The average Bonchev–Trinajstić information content (AvgIpc) is 3.07. The molecular weight excluding hydrogens is 246 g/mol. The van der Waals surface area contributed by atoms with E-state index in [9.17, 15) is 4.79 Å². The minimum atomic E-state index is -0.322. The summed E-state index contributed by atoms with van der Waals surface area (Å²) in [5, 5.41) is 0. The average molecular weight is 263 g/mol. The van der Waals surface area contributed by atoms with Crippen molar-refractivity contribution in [3.63, 3.8) is 0 Å². The van der Waals surface area contributed by atoms with Gasteiger partial charge in [0.25, 0.3) is 5.91 Å². The summed E-state index contributed by atoms with van der Waals surface area (Å²) in [7, 11) is 1.67. The number of amides is 1. The van der Waals surface area contributed by atoms with E-state index < -0.39 is 0 Å². The van der Waals surface area contributed by atoms with Gasteiger partial charge in [0.15, 0.2) is 0 Å². The molecular formula is C13H17N3O3. The number of carbonyl (C=O) groups excluding carboxylic acids is 1. The fourth-order valence-corrected chi connectivity index (χ4v) is 2.98. The van der Waals surface area contributed by atoms with E-state index in [0.717, 1.165) is 19.4 Å². The Kier molecular flexibility index (Phi) is 3.20. The van der Waals surface area contributed by atoms with Crippen LogP contribution in [0.15, 0.2) is 18.6 Å². The summed E-state index contributed by atoms with van der Waals surface area (Å²) >= 11 is 0. The third-order valence-corrected chi connectivity index (χ3v) is 3.94. The minimum Gasteiger partial charge on any atom is -0.377 e. The van der Waals surface area contributed by atoms with E-state index in [-0.39, 0.29) is 17.6 Å². The van der Waals surface area contributed by atoms with E-state index in [1.807, 2.05) is 0 Å². The maximum atomic E-state index is 12.4. The van der Waals surface area contributed by atoms with Crippen LogP contribution in [-0.4, -0.2) is 59.3 Å². The first-order valence-electron chi connectivity index (χ1n) is 6.47. The molecule has 0 saturated carbocycles. The first-order chi connectivity index (χ1) is 9.25. The summed E-state index contributed by atoms with van der Waals surface area (Å²) in [5.41, 5.74) is 0.0946. The van der Waals surface area contributed by atoms with Crippen LogP contribution >= 0.6 is 0 Å². The van der Waals surface area contributed by atoms with Crippen molar-refractivity contribution < 1.29 is 14.3 Å². The number of hydrogen-bond acceptors (Lipinski definition) is 5. The predicted octanol–water partition coefficient (Wildman–Crippen LogP) is 0.497. The molecule has 0 unspecified atom stereocenters. The van der Waals surface area contributed by atoms with Gasteiger partial charge in [-0.05, 0) is 18.9 Å². The molecule has 2 atom stereocenters. The largest absolute Gasteiger partial charge is 0.377 e. The lowest BCUT2D eigenvalue weighted by atomic mass is 9.96. The van der Waals surface area contributed by atoms with Gasteiger partial charge in [0, 0.05) is 19.9 Å². The fraction of sp³-hybridized carbons (Fsp3) is 0.615. The Labute approximate surface area is 111 Å². The molecule has 0 bridgehead atoms. The van der Waals surface area contributed by atoms with Crippen molar-refractivity contribution in [1.82, 2.24) is 14.9 Å². The molecule has 6 heteroatoms. The smallest absolute Gasteiger partial charge is 0.272 e. The predicted molar refractivity (Wildman–Crippen MR) is 66.6 cm³/mol. The van der Waals surface area contributed by atoms with Crippen LogP contribution in [-0.2, 0) is 9.47 Å². The van der Waals surface area contributed by atoms with Crippen molar-refractivity contribution in [3.05, 3.63) is 24.3 Å². The second kappa shape index (κ2) is 4.86. The van der Waals surface area contributed by atoms with E-state index in [1.54, 1.807) is 24.3 Å². The van der Waals surface area contributed by atoms with Crippen LogP contribution in [0.3, 0.4) is 0 Å². The van der Waals surface area contributed by atoms with Gasteiger partial charge in [-0.2, -0.15) is 0 Å². The molecule has 2 aliphatic rings. The number of nitrogens with zero attached hydrogens (tertiary/aromatic N) is 3. The number of likely N-dealkylation sites (tertiary alicyclic amines) is 1. The summed E-state index contributed by atoms with van der Waals surface area (Å²) in [5.74, 6) is -0.0863. The van der Waals surface area contributed by atoms with E-state index in [4.69, 9.17) is 9.47 Å². The Morgan fingerprint density at radius 2 is 2.53 bits per heavy atom. The number of rotatable bonds is 2. The summed E-state index contributed by atoms with van der Waals surface area (Å²) < 4.78 is 11.4. The molecule has 2 saturated heterocycles. The zero-order valence-electron chi connectivity index (χ0n) is 10.9. The first-order valence-corrected chi connectivity index (χ1v) is 6.47. The van der Waals surface area contributed by atoms with Gasteiger partial charge in [-0.15, -0.1) is 0 Å². The van der Waals surface area contributed by atoms with Gasteiger partial charge in [0.05, 0.1) is 13.1 Å². The molecule has 3 heterocycles. The Bertz CT molecular complexity index is 459. The molecule has 1 spiro atoms. The molecule has 3 rings (SSSR count). The lowest BCUT2D eigenvalue weighted by molar-refractivity contribution is -0.0754. The SMILES string of the molecule is CO[C@H]1CN(C(=O)c2ccncn2)C[C@@]12CCCO2. The molecule has 19 heavy (non-hydrogen) atoms. The number of carbonyl (C=O) groups is 1. The van der Waals surface area contributed by atoms with Crippen LogP contribution in [0.25, 0.3) is 0 Å². The number of ether oxygens (including phenoxy) is 2. The molecule has 2 aliphatic heterocycles. The Morgan fingerprint density at radius 1 is 1.63 bits per heavy atom. The van der Waals surface area contributed by atoms with Crippen molar-refractivity contribution in [2.45, 2.75) is 24.5 Å². The maximum Gasteiger partial charge on any atom is 0.272 e. The molecule has 1 aromatic heterocycles. The van der Waals surface area contributed by atoms with Crippen molar-refractivity contribution >= 4 is 5.91 Å². The third-order valence-electron chi connectivity index (χ3n) is 3.94. The van der Waals surface area contributed by atoms with Crippen LogP contribution in [0, 0.1) is 0 Å². The highest BCUT2D eigenvalue weighted by molar-refractivity contribution is 5.92. The summed E-state index contributed by atoms with van der Waals surface area (Å²) in [6.45, 7) is 1.88. The normalized spacial score (nSPS) is 30.2. The quantitative estimate of drug-likeness (QED) is 0.777. The Balaban J connectivity index is 1.79. The molecule has 1 amide bonds. The lowest BCUT2D eigenvalue weighted by Crippen LogP contribution is -2.42. The number of aromatic nitrogens is 2. The number of hydrogen-bond donors (Lipinski definition) is 0. The van der Waals surface area contributed by atoms with E-state index in [0.29, 0.717) is 18.8 Å². The second-order valence-corrected chi connectivity index (χ2v) is 5.02. The molecule has 1 aromatic rings. The Morgan fingerprint density at radius 3 is 3.16 bits per heavy atom. The van der Waals surface area contributed by atoms with Crippen molar-refractivity contribution in [2.24, 2.45) is 0 Å².